The Morgan fingerprint density at radius 1 is 1.39 bits per heavy atom. The second-order valence-electron chi connectivity index (χ2n) is 6.29. The molecular formula is C14H28N2O2. The molecule has 4 nitrogen and oxygen atoms in total. The van der Waals surface area contributed by atoms with Crippen molar-refractivity contribution in [3.05, 3.63) is 0 Å². The highest BCUT2D eigenvalue weighted by Gasteiger charge is 2.30. The molecule has 0 saturated heterocycles. The molecule has 4 N–H and O–H groups in total. The molecule has 0 aromatic heterocycles. The molecule has 1 saturated carbocycles. The van der Waals surface area contributed by atoms with Gasteiger partial charge in [-0.05, 0) is 37.5 Å². The van der Waals surface area contributed by atoms with Crippen LogP contribution in [0.25, 0.3) is 0 Å². The van der Waals surface area contributed by atoms with E-state index in [1.165, 1.54) is 0 Å². The third-order valence-electron chi connectivity index (χ3n) is 3.67. The minimum atomic E-state index is -0.119. The molecule has 106 valence electrons. The first kappa shape index (κ1) is 15.4. The maximum Gasteiger partial charge on any atom is 0.223 e. The van der Waals surface area contributed by atoms with Crippen LogP contribution in [0.3, 0.4) is 0 Å². The molecule has 1 rings (SSSR count). The van der Waals surface area contributed by atoms with Crippen LogP contribution in [0.2, 0.25) is 0 Å². The summed E-state index contributed by atoms with van der Waals surface area (Å²) in [6, 6.07) is 0.0214. The van der Waals surface area contributed by atoms with Gasteiger partial charge in [0.2, 0.25) is 5.91 Å². The maximum absolute atomic E-state index is 12.2. The van der Waals surface area contributed by atoms with Crippen LogP contribution in [0.1, 0.15) is 46.5 Å². The monoisotopic (exact) mass is 256 g/mol. The Morgan fingerprint density at radius 2 is 2.06 bits per heavy atom. The van der Waals surface area contributed by atoms with Gasteiger partial charge in [0.1, 0.15) is 0 Å². The predicted molar refractivity (Wildman–Crippen MR) is 73.0 cm³/mol. The van der Waals surface area contributed by atoms with E-state index in [2.05, 4.69) is 26.1 Å². The number of aliphatic hydroxyl groups is 1. The smallest absolute Gasteiger partial charge is 0.223 e. The molecule has 1 aliphatic carbocycles. The van der Waals surface area contributed by atoms with Crippen molar-refractivity contribution in [2.24, 2.45) is 23.5 Å². The van der Waals surface area contributed by atoms with Crippen molar-refractivity contribution in [2.45, 2.75) is 58.5 Å². The first-order valence-corrected chi connectivity index (χ1v) is 7.09. The van der Waals surface area contributed by atoms with E-state index < -0.39 is 0 Å². The molecule has 0 aromatic rings. The molecule has 0 bridgehead atoms. The molecule has 0 radical (unpaired) electrons. The van der Waals surface area contributed by atoms with Crippen LogP contribution in [0.5, 0.6) is 0 Å². The molecular weight excluding hydrogens is 228 g/mol. The summed E-state index contributed by atoms with van der Waals surface area (Å²) in [5.74, 6) is 1.07. The molecule has 18 heavy (non-hydrogen) atoms. The van der Waals surface area contributed by atoms with E-state index >= 15 is 0 Å². The molecule has 0 heterocycles. The minimum absolute atomic E-state index is 0.0121. The minimum Gasteiger partial charge on any atom is -0.394 e. The number of rotatable bonds is 5. The average Bonchev–Trinajstić information content (AvgIpc) is 2.26. The van der Waals surface area contributed by atoms with Gasteiger partial charge in [0, 0.05) is 12.0 Å². The Labute approximate surface area is 110 Å². The Hall–Kier alpha value is -0.610. The zero-order chi connectivity index (χ0) is 13.7. The van der Waals surface area contributed by atoms with Gasteiger partial charge < -0.3 is 16.2 Å². The molecule has 1 aliphatic rings. The fraction of sp³-hybridized carbons (Fsp3) is 0.929. The van der Waals surface area contributed by atoms with Crippen LogP contribution in [-0.4, -0.2) is 29.7 Å². The van der Waals surface area contributed by atoms with Crippen LogP contribution in [0, 0.1) is 17.8 Å². The summed E-state index contributed by atoms with van der Waals surface area (Å²) in [4.78, 5) is 12.2. The summed E-state index contributed by atoms with van der Waals surface area (Å²) in [7, 11) is 0. The number of nitrogens with one attached hydrogen (secondary N) is 1. The average molecular weight is 256 g/mol. The first-order valence-electron chi connectivity index (χ1n) is 7.09. The lowest BCUT2D eigenvalue weighted by Crippen LogP contribution is -2.45. The largest absolute Gasteiger partial charge is 0.394 e. The van der Waals surface area contributed by atoms with Gasteiger partial charge in [-0.25, -0.2) is 0 Å². The number of carbonyl (C=O) groups excluding carboxylic acids is 1. The lowest BCUT2D eigenvalue weighted by atomic mass is 9.79. The van der Waals surface area contributed by atoms with Crippen molar-refractivity contribution in [1.29, 1.82) is 0 Å². The summed E-state index contributed by atoms with van der Waals surface area (Å²) in [5, 5.41) is 12.3. The van der Waals surface area contributed by atoms with Gasteiger partial charge in [-0.1, -0.05) is 20.8 Å². The summed E-state index contributed by atoms with van der Waals surface area (Å²) in [6.07, 6.45) is 3.52. The number of hydrogen-bond acceptors (Lipinski definition) is 3. The molecule has 4 heteroatoms. The number of amides is 1. The van der Waals surface area contributed by atoms with Crippen LogP contribution in [0.15, 0.2) is 0 Å². The third-order valence-corrected chi connectivity index (χ3v) is 3.67. The fourth-order valence-electron chi connectivity index (χ4n) is 2.94. The van der Waals surface area contributed by atoms with Crippen LogP contribution < -0.4 is 11.1 Å². The fourth-order valence-corrected chi connectivity index (χ4v) is 2.94. The van der Waals surface area contributed by atoms with E-state index in [0.29, 0.717) is 11.8 Å². The molecule has 4 unspecified atom stereocenters. The SMILES string of the molecule is CC(C)CC(CO)NC(=O)C1CC(C)CC(N)C1. The zero-order valence-corrected chi connectivity index (χ0v) is 11.9. The highest BCUT2D eigenvalue weighted by molar-refractivity contribution is 5.79. The molecule has 0 aliphatic heterocycles. The van der Waals surface area contributed by atoms with Crippen LogP contribution in [-0.2, 0) is 4.79 Å². The number of aliphatic hydroxyl groups excluding tert-OH is 1. The quantitative estimate of drug-likeness (QED) is 0.693. The normalized spacial score (nSPS) is 30.2. The number of carbonyl (C=O) groups is 1. The van der Waals surface area contributed by atoms with E-state index in [0.717, 1.165) is 25.7 Å². The topological polar surface area (TPSA) is 75.3 Å². The highest BCUT2D eigenvalue weighted by atomic mass is 16.3. The van der Waals surface area contributed by atoms with Crippen LogP contribution in [0.4, 0.5) is 0 Å². The van der Waals surface area contributed by atoms with Gasteiger partial charge >= 0.3 is 0 Å². The first-order chi connectivity index (χ1) is 8.42. The molecule has 4 atom stereocenters. The van der Waals surface area contributed by atoms with Crippen molar-refractivity contribution >= 4 is 5.91 Å². The van der Waals surface area contributed by atoms with Crippen molar-refractivity contribution in [1.82, 2.24) is 5.32 Å². The second kappa shape index (κ2) is 7.10. The van der Waals surface area contributed by atoms with Gasteiger partial charge in [0.25, 0.3) is 0 Å². The lowest BCUT2D eigenvalue weighted by Gasteiger charge is -2.31. The van der Waals surface area contributed by atoms with Crippen molar-refractivity contribution in [2.75, 3.05) is 6.61 Å². The van der Waals surface area contributed by atoms with Gasteiger partial charge in [0.15, 0.2) is 0 Å². The Kier molecular flexibility index (Phi) is 6.09. The highest BCUT2D eigenvalue weighted by Crippen LogP contribution is 2.28. The Bertz CT molecular complexity index is 259. The summed E-state index contributed by atoms with van der Waals surface area (Å²) >= 11 is 0. The van der Waals surface area contributed by atoms with E-state index in [9.17, 15) is 9.90 Å². The Balaban J connectivity index is 2.47. The van der Waals surface area contributed by atoms with Crippen molar-refractivity contribution < 1.29 is 9.90 Å². The second-order valence-corrected chi connectivity index (χ2v) is 6.29. The summed E-state index contributed by atoms with van der Waals surface area (Å²) < 4.78 is 0. The van der Waals surface area contributed by atoms with Gasteiger partial charge in [0.05, 0.1) is 12.6 Å². The summed E-state index contributed by atoms with van der Waals surface area (Å²) in [6.45, 7) is 6.34. The molecule has 1 fully saturated rings. The van der Waals surface area contributed by atoms with E-state index in [1.807, 2.05) is 0 Å². The Morgan fingerprint density at radius 3 is 2.56 bits per heavy atom. The maximum atomic E-state index is 12.2. The van der Waals surface area contributed by atoms with E-state index in [-0.39, 0.29) is 30.5 Å². The van der Waals surface area contributed by atoms with Gasteiger partial charge in [-0.2, -0.15) is 0 Å². The molecule has 1 amide bonds. The summed E-state index contributed by atoms with van der Waals surface area (Å²) in [5.41, 5.74) is 5.97. The van der Waals surface area contributed by atoms with Crippen molar-refractivity contribution in [3.63, 3.8) is 0 Å². The van der Waals surface area contributed by atoms with Crippen molar-refractivity contribution in [3.8, 4) is 0 Å². The number of hydrogen-bond donors (Lipinski definition) is 3. The third kappa shape index (κ3) is 4.94. The van der Waals surface area contributed by atoms with Gasteiger partial charge in [-0.15, -0.1) is 0 Å². The molecule has 0 spiro atoms. The lowest BCUT2D eigenvalue weighted by molar-refractivity contribution is -0.127. The van der Waals surface area contributed by atoms with E-state index in [1.54, 1.807) is 0 Å². The standard InChI is InChI=1S/C14H28N2O2/c1-9(2)4-13(8-17)16-14(18)11-5-10(3)6-12(15)7-11/h9-13,17H,4-8,15H2,1-3H3,(H,16,18). The van der Waals surface area contributed by atoms with E-state index in [4.69, 9.17) is 5.73 Å². The van der Waals surface area contributed by atoms with Gasteiger partial charge in [-0.3, -0.25) is 4.79 Å². The number of nitrogens with two attached hydrogens (primary N) is 1. The molecule has 0 aromatic carbocycles. The van der Waals surface area contributed by atoms with Crippen LogP contribution >= 0.6 is 0 Å². The zero-order valence-electron chi connectivity index (χ0n) is 11.9. The predicted octanol–water partition coefficient (Wildman–Crippen LogP) is 1.27.